The largest absolute Gasteiger partial charge is 0.507 e. The fraction of sp³-hybridized carbons (Fsp3) is 0.600. The molecule has 2 nitrogen and oxygen atoms in total. The van der Waals surface area contributed by atoms with Gasteiger partial charge in [-0.2, -0.15) is 0 Å². The van der Waals surface area contributed by atoms with E-state index in [1.54, 1.807) is 0 Å². The summed E-state index contributed by atoms with van der Waals surface area (Å²) < 4.78 is 1.14. The van der Waals surface area contributed by atoms with Gasteiger partial charge < -0.3 is 10.4 Å². The molecule has 0 aliphatic carbocycles. The van der Waals surface area contributed by atoms with Crippen LogP contribution in [0.25, 0.3) is 0 Å². The molecule has 3 heteroatoms. The van der Waals surface area contributed by atoms with Crippen LogP contribution in [0.4, 0.5) is 0 Å². The third kappa shape index (κ3) is 2.57. The number of piperidine rings is 1. The molecule has 1 saturated heterocycles. The number of rotatable bonds is 2. The van der Waals surface area contributed by atoms with Gasteiger partial charge in [0.2, 0.25) is 0 Å². The molecule has 1 fully saturated rings. The van der Waals surface area contributed by atoms with Crippen molar-refractivity contribution in [3.8, 4) is 5.75 Å². The number of nitrogens with one attached hydrogen (secondary N) is 1. The Morgan fingerprint density at radius 3 is 2.50 bits per heavy atom. The van der Waals surface area contributed by atoms with Crippen molar-refractivity contribution in [2.75, 3.05) is 6.54 Å². The average Bonchev–Trinajstić information content (AvgIpc) is 2.40. The van der Waals surface area contributed by atoms with Gasteiger partial charge >= 0.3 is 0 Å². The molecule has 1 aliphatic rings. The van der Waals surface area contributed by atoms with Gasteiger partial charge in [-0.3, -0.25) is 0 Å². The van der Waals surface area contributed by atoms with Crippen LogP contribution >= 0.6 is 15.9 Å². The van der Waals surface area contributed by atoms with Crippen LogP contribution in [0, 0.1) is 20.8 Å². The van der Waals surface area contributed by atoms with Crippen LogP contribution in [-0.4, -0.2) is 17.7 Å². The molecule has 1 aromatic carbocycles. The second-order valence-corrected chi connectivity index (χ2v) is 6.16. The number of phenols is 1. The van der Waals surface area contributed by atoms with Gasteiger partial charge in [0.15, 0.2) is 0 Å². The Balaban J connectivity index is 2.32. The Kier molecular flexibility index (Phi) is 4.33. The number of hydrogen-bond acceptors (Lipinski definition) is 2. The highest BCUT2D eigenvalue weighted by Gasteiger charge is 2.20. The van der Waals surface area contributed by atoms with Crippen molar-refractivity contribution >= 4 is 15.9 Å². The number of halogens is 1. The van der Waals surface area contributed by atoms with E-state index in [4.69, 9.17) is 0 Å². The Bertz CT molecular complexity index is 421. The lowest BCUT2D eigenvalue weighted by molar-refractivity contribution is 0.390. The summed E-state index contributed by atoms with van der Waals surface area (Å²) in [5.41, 5.74) is 4.43. The summed E-state index contributed by atoms with van der Waals surface area (Å²) in [6.07, 6.45) is 4.71. The lowest BCUT2D eigenvalue weighted by atomic mass is 9.91. The highest BCUT2D eigenvalue weighted by molar-refractivity contribution is 9.10. The molecule has 0 amide bonds. The number of benzene rings is 1. The van der Waals surface area contributed by atoms with Crippen LogP contribution in [-0.2, 0) is 6.42 Å². The van der Waals surface area contributed by atoms with E-state index in [2.05, 4.69) is 35.1 Å². The first kappa shape index (κ1) is 13.9. The molecule has 1 heterocycles. The fourth-order valence-corrected chi connectivity index (χ4v) is 3.29. The van der Waals surface area contributed by atoms with Crippen molar-refractivity contribution < 1.29 is 5.11 Å². The molecular formula is C15H22BrNO. The van der Waals surface area contributed by atoms with Gasteiger partial charge in [-0.05, 0) is 68.8 Å². The molecule has 1 atom stereocenters. The summed E-state index contributed by atoms with van der Waals surface area (Å²) >= 11 is 3.65. The number of hydrogen-bond donors (Lipinski definition) is 2. The topological polar surface area (TPSA) is 32.3 Å². The highest BCUT2D eigenvalue weighted by Crippen LogP contribution is 2.36. The van der Waals surface area contributed by atoms with Crippen molar-refractivity contribution in [2.45, 2.75) is 52.5 Å². The maximum atomic E-state index is 10.4. The molecule has 1 unspecified atom stereocenters. The maximum Gasteiger partial charge on any atom is 0.122 e. The molecule has 100 valence electrons. The maximum absolute atomic E-state index is 10.4. The summed E-state index contributed by atoms with van der Waals surface area (Å²) in [6.45, 7) is 7.24. The smallest absolute Gasteiger partial charge is 0.122 e. The normalized spacial score (nSPS) is 20.1. The molecule has 1 aromatic rings. The van der Waals surface area contributed by atoms with Gasteiger partial charge in [-0.15, -0.1) is 0 Å². The lowest BCUT2D eigenvalue weighted by Crippen LogP contribution is -2.35. The highest BCUT2D eigenvalue weighted by atomic mass is 79.9. The Morgan fingerprint density at radius 2 is 1.89 bits per heavy atom. The van der Waals surface area contributed by atoms with E-state index in [1.807, 2.05) is 6.92 Å². The molecular weight excluding hydrogens is 290 g/mol. The van der Waals surface area contributed by atoms with Crippen LogP contribution in [0.1, 0.15) is 41.5 Å². The molecule has 1 aliphatic heterocycles. The molecule has 2 rings (SSSR count). The molecule has 0 radical (unpaired) electrons. The van der Waals surface area contributed by atoms with Crippen molar-refractivity contribution in [3.63, 3.8) is 0 Å². The summed E-state index contributed by atoms with van der Waals surface area (Å²) in [6, 6.07) is 0.511. The first-order valence-corrected chi connectivity index (χ1v) is 7.52. The van der Waals surface area contributed by atoms with Crippen LogP contribution < -0.4 is 5.32 Å². The van der Waals surface area contributed by atoms with Gasteiger partial charge in [-0.25, -0.2) is 0 Å². The van der Waals surface area contributed by atoms with E-state index < -0.39 is 0 Å². The van der Waals surface area contributed by atoms with E-state index in [0.717, 1.165) is 34.1 Å². The minimum atomic E-state index is 0.487. The standard InChI is InChI=1S/C15H22BrNO/c1-9-10(2)15(18)13(11(3)14(9)16)8-12-6-4-5-7-17-12/h12,17-18H,4-8H2,1-3H3. The van der Waals surface area contributed by atoms with Crippen molar-refractivity contribution in [1.29, 1.82) is 0 Å². The van der Waals surface area contributed by atoms with Crippen molar-refractivity contribution in [2.24, 2.45) is 0 Å². The first-order valence-electron chi connectivity index (χ1n) is 6.72. The fourth-order valence-electron chi connectivity index (χ4n) is 2.75. The summed E-state index contributed by atoms with van der Waals surface area (Å²) in [4.78, 5) is 0. The zero-order chi connectivity index (χ0) is 13.3. The predicted molar refractivity (Wildman–Crippen MR) is 79.4 cm³/mol. The van der Waals surface area contributed by atoms with Gasteiger partial charge in [0, 0.05) is 10.5 Å². The zero-order valence-electron chi connectivity index (χ0n) is 11.4. The monoisotopic (exact) mass is 311 g/mol. The lowest BCUT2D eigenvalue weighted by Gasteiger charge is -2.25. The third-order valence-electron chi connectivity index (χ3n) is 4.18. The second kappa shape index (κ2) is 5.62. The van der Waals surface area contributed by atoms with Crippen LogP contribution in [0.5, 0.6) is 5.75 Å². The van der Waals surface area contributed by atoms with Crippen molar-refractivity contribution in [3.05, 3.63) is 26.7 Å². The van der Waals surface area contributed by atoms with Crippen molar-refractivity contribution in [1.82, 2.24) is 5.32 Å². The second-order valence-electron chi connectivity index (χ2n) is 5.37. The first-order chi connectivity index (χ1) is 8.52. The summed E-state index contributed by atoms with van der Waals surface area (Å²) in [5.74, 6) is 0.487. The molecule has 18 heavy (non-hydrogen) atoms. The minimum Gasteiger partial charge on any atom is -0.507 e. The number of aromatic hydroxyl groups is 1. The quantitative estimate of drug-likeness (QED) is 0.871. The molecule has 0 saturated carbocycles. The van der Waals surface area contributed by atoms with Gasteiger partial charge in [0.05, 0.1) is 0 Å². The zero-order valence-corrected chi connectivity index (χ0v) is 13.0. The third-order valence-corrected chi connectivity index (χ3v) is 5.37. The molecule has 0 spiro atoms. The van der Waals surface area contributed by atoms with Crippen LogP contribution in [0.2, 0.25) is 0 Å². The minimum absolute atomic E-state index is 0.487. The van der Waals surface area contributed by atoms with Gasteiger partial charge in [0.1, 0.15) is 5.75 Å². The molecule has 0 bridgehead atoms. The Morgan fingerprint density at radius 1 is 1.17 bits per heavy atom. The van der Waals surface area contributed by atoms with E-state index in [9.17, 15) is 5.11 Å². The van der Waals surface area contributed by atoms with E-state index >= 15 is 0 Å². The molecule has 0 aromatic heterocycles. The summed E-state index contributed by atoms with van der Waals surface area (Å²) in [7, 11) is 0. The Hall–Kier alpha value is -0.540. The average molecular weight is 312 g/mol. The molecule has 2 N–H and O–H groups in total. The van der Waals surface area contributed by atoms with E-state index in [-0.39, 0.29) is 0 Å². The van der Waals surface area contributed by atoms with Gasteiger partial charge in [-0.1, -0.05) is 22.4 Å². The van der Waals surface area contributed by atoms with E-state index in [1.165, 1.54) is 24.8 Å². The Labute approximate surface area is 118 Å². The number of phenolic OH excluding ortho intramolecular Hbond substituents is 1. The van der Waals surface area contributed by atoms with Crippen LogP contribution in [0.3, 0.4) is 0 Å². The van der Waals surface area contributed by atoms with Crippen LogP contribution in [0.15, 0.2) is 4.47 Å². The SMILES string of the molecule is Cc1c(C)c(Br)c(C)c(CC2CCCCN2)c1O. The summed E-state index contributed by atoms with van der Waals surface area (Å²) in [5, 5.41) is 13.9. The predicted octanol–water partition coefficient (Wildman–Crippen LogP) is 3.76. The van der Waals surface area contributed by atoms with Gasteiger partial charge in [0.25, 0.3) is 0 Å². The van der Waals surface area contributed by atoms with E-state index in [0.29, 0.717) is 11.8 Å².